The van der Waals surface area contributed by atoms with Gasteiger partial charge in [0.1, 0.15) is 6.10 Å². The Morgan fingerprint density at radius 1 is 1.58 bits per heavy atom. The maximum atomic E-state index is 11.0. The Hall–Kier alpha value is -1.32. The first-order chi connectivity index (χ1) is 5.49. The second-order valence-corrected chi connectivity index (χ2v) is 2.40. The molecule has 0 saturated carbocycles. The number of hydrogen-bond acceptors (Lipinski definition) is 3. The molecule has 0 aromatic heterocycles. The topological polar surface area (TPSA) is 46.6 Å². The van der Waals surface area contributed by atoms with E-state index in [-0.39, 0.29) is 12.0 Å². The Morgan fingerprint density at radius 2 is 2.08 bits per heavy atom. The highest BCUT2D eigenvalue weighted by atomic mass is 16.6. The van der Waals surface area contributed by atoms with E-state index in [1.54, 1.807) is 6.92 Å². The number of hydrogen-bond donors (Lipinski definition) is 0. The molecule has 0 spiro atoms. The van der Waals surface area contributed by atoms with Gasteiger partial charge in [0.05, 0.1) is 0 Å². The smallest absolute Gasteiger partial charge is 0.416 e. The van der Waals surface area contributed by atoms with Crippen molar-refractivity contribution in [3.8, 4) is 0 Å². The maximum Gasteiger partial charge on any atom is 0.416 e. The number of carbonyl (C=O) groups is 2. The first kappa shape index (κ1) is 10.7. The first-order valence-corrected chi connectivity index (χ1v) is 3.56. The van der Waals surface area contributed by atoms with Gasteiger partial charge in [-0.2, -0.15) is 0 Å². The lowest BCUT2D eigenvalue weighted by molar-refractivity contribution is -0.126. The van der Waals surface area contributed by atoms with Crippen LogP contribution in [0.5, 0.6) is 0 Å². The van der Waals surface area contributed by atoms with E-state index in [2.05, 4.69) is 6.58 Å². The molecule has 1 unspecified atom stereocenters. The van der Waals surface area contributed by atoms with E-state index in [9.17, 15) is 9.59 Å². The van der Waals surface area contributed by atoms with Crippen LogP contribution < -0.4 is 0 Å². The van der Waals surface area contributed by atoms with Crippen LogP contribution in [0.1, 0.15) is 13.8 Å². The van der Waals surface area contributed by atoms with Gasteiger partial charge in [-0.25, -0.2) is 4.79 Å². The molecule has 0 saturated heterocycles. The van der Waals surface area contributed by atoms with E-state index < -0.39 is 6.09 Å². The molecule has 0 N–H and O–H groups in total. The van der Waals surface area contributed by atoms with Crippen LogP contribution in [0.2, 0.25) is 0 Å². The molecule has 0 bridgehead atoms. The quantitative estimate of drug-likeness (QED) is 0.586. The molecule has 2 amide bonds. The molecule has 0 aromatic carbocycles. The number of ether oxygens (including phenoxy) is 1. The van der Waals surface area contributed by atoms with E-state index in [0.29, 0.717) is 0 Å². The number of imide groups is 1. The molecule has 0 aliphatic carbocycles. The molecular formula is C8H13NO3. The highest BCUT2D eigenvalue weighted by molar-refractivity contribution is 5.90. The minimum Gasteiger partial charge on any atom is -0.442 e. The molecule has 0 fully saturated rings. The Kier molecular flexibility index (Phi) is 4.04. The maximum absolute atomic E-state index is 11.0. The molecule has 0 aliphatic rings. The van der Waals surface area contributed by atoms with Gasteiger partial charge in [-0.3, -0.25) is 9.69 Å². The summed E-state index contributed by atoms with van der Waals surface area (Å²) in [6.45, 7) is 6.39. The summed E-state index contributed by atoms with van der Waals surface area (Å²) in [4.78, 5) is 22.5. The van der Waals surface area contributed by atoms with Gasteiger partial charge in [0, 0.05) is 14.0 Å². The SMILES string of the molecule is C=CC(C)OC(=O)N(C)C(C)=O. The Labute approximate surface area is 71.8 Å². The first-order valence-electron chi connectivity index (χ1n) is 3.56. The Bertz CT molecular complexity index is 200. The van der Waals surface area contributed by atoms with Crippen molar-refractivity contribution >= 4 is 12.0 Å². The third kappa shape index (κ3) is 3.18. The lowest BCUT2D eigenvalue weighted by atomic mass is 10.4. The van der Waals surface area contributed by atoms with Crippen LogP contribution in [-0.2, 0) is 9.53 Å². The van der Waals surface area contributed by atoms with Crippen molar-refractivity contribution in [2.75, 3.05) is 7.05 Å². The van der Waals surface area contributed by atoms with Gasteiger partial charge in [0.15, 0.2) is 0 Å². The summed E-state index contributed by atoms with van der Waals surface area (Å²) < 4.78 is 4.77. The van der Waals surface area contributed by atoms with Gasteiger partial charge in [0.25, 0.3) is 0 Å². The van der Waals surface area contributed by atoms with Gasteiger partial charge in [-0.15, -0.1) is 0 Å². The third-order valence-electron chi connectivity index (χ3n) is 1.36. The van der Waals surface area contributed by atoms with Crippen LogP contribution >= 0.6 is 0 Å². The summed E-state index contributed by atoms with van der Waals surface area (Å²) in [6.07, 6.45) is 0.445. The van der Waals surface area contributed by atoms with Crippen molar-refractivity contribution in [2.24, 2.45) is 0 Å². The molecule has 4 nitrogen and oxygen atoms in total. The Morgan fingerprint density at radius 3 is 2.42 bits per heavy atom. The molecule has 1 atom stereocenters. The van der Waals surface area contributed by atoms with Gasteiger partial charge in [0.2, 0.25) is 5.91 Å². The molecule has 0 rings (SSSR count). The molecule has 4 heteroatoms. The van der Waals surface area contributed by atoms with Gasteiger partial charge >= 0.3 is 6.09 Å². The zero-order valence-corrected chi connectivity index (χ0v) is 7.53. The fraction of sp³-hybridized carbons (Fsp3) is 0.500. The van der Waals surface area contributed by atoms with Crippen LogP contribution in [0.25, 0.3) is 0 Å². The predicted molar refractivity (Wildman–Crippen MR) is 44.6 cm³/mol. The highest BCUT2D eigenvalue weighted by Crippen LogP contribution is 1.97. The lowest BCUT2D eigenvalue weighted by Crippen LogP contribution is -2.33. The zero-order chi connectivity index (χ0) is 9.72. The largest absolute Gasteiger partial charge is 0.442 e. The van der Waals surface area contributed by atoms with Crippen molar-refractivity contribution in [1.82, 2.24) is 4.90 Å². The summed E-state index contributed by atoms with van der Waals surface area (Å²) in [5.41, 5.74) is 0. The summed E-state index contributed by atoms with van der Waals surface area (Å²) in [7, 11) is 1.36. The number of carbonyl (C=O) groups excluding carboxylic acids is 2. The standard InChI is InChI=1S/C8H13NO3/c1-5-6(2)12-8(11)9(4)7(3)10/h5-6H,1H2,2-4H3. The van der Waals surface area contributed by atoms with Gasteiger partial charge in [-0.05, 0) is 6.92 Å². The molecule has 68 valence electrons. The molecule has 12 heavy (non-hydrogen) atoms. The molecular weight excluding hydrogens is 158 g/mol. The lowest BCUT2D eigenvalue weighted by Gasteiger charge is -2.15. The third-order valence-corrected chi connectivity index (χ3v) is 1.36. The zero-order valence-electron chi connectivity index (χ0n) is 7.53. The second kappa shape index (κ2) is 4.54. The van der Waals surface area contributed by atoms with Gasteiger partial charge in [-0.1, -0.05) is 12.7 Å². The minimum absolute atomic E-state index is 0.351. The predicted octanol–water partition coefficient (Wildman–Crippen LogP) is 1.18. The van der Waals surface area contributed by atoms with E-state index in [0.717, 1.165) is 4.90 Å². The van der Waals surface area contributed by atoms with E-state index in [1.165, 1.54) is 20.0 Å². The average Bonchev–Trinajstić information content (AvgIpc) is 2.02. The summed E-state index contributed by atoms with van der Waals surface area (Å²) in [5, 5.41) is 0. The molecule has 0 heterocycles. The second-order valence-electron chi connectivity index (χ2n) is 2.40. The van der Waals surface area contributed by atoms with Crippen LogP contribution in [0.15, 0.2) is 12.7 Å². The number of amides is 2. The van der Waals surface area contributed by atoms with E-state index >= 15 is 0 Å². The highest BCUT2D eigenvalue weighted by Gasteiger charge is 2.15. The summed E-state index contributed by atoms with van der Waals surface area (Å²) in [5.74, 6) is -0.351. The number of nitrogens with zero attached hydrogens (tertiary/aromatic N) is 1. The summed E-state index contributed by atoms with van der Waals surface area (Å²) >= 11 is 0. The van der Waals surface area contributed by atoms with Gasteiger partial charge < -0.3 is 4.74 Å². The molecule has 0 aromatic rings. The molecule has 0 aliphatic heterocycles. The van der Waals surface area contributed by atoms with E-state index in [1.807, 2.05) is 0 Å². The summed E-state index contributed by atoms with van der Waals surface area (Å²) in [6, 6.07) is 0. The average molecular weight is 171 g/mol. The fourth-order valence-corrected chi connectivity index (χ4v) is 0.415. The van der Waals surface area contributed by atoms with Crippen molar-refractivity contribution in [3.63, 3.8) is 0 Å². The normalized spacial score (nSPS) is 11.6. The van der Waals surface area contributed by atoms with Crippen molar-refractivity contribution < 1.29 is 14.3 Å². The van der Waals surface area contributed by atoms with Crippen LogP contribution in [0.4, 0.5) is 4.79 Å². The van der Waals surface area contributed by atoms with Crippen LogP contribution in [-0.4, -0.2) is 30.1 Å². The monoisotopic (exact) mass is 171 g/mol. The number of rotatable bonds is 2. The Balaban J connectivity index is 4.04. The van der Waals surface area contributed by atoms with Crippen molar-refractivity contribution in [3.05, 3.63) is 12.7 Å². The fourth-order valence-electron chi connectivity index (χ4n) is 0.415. The van der Waals surface area contributed by atoms with Crippen molar-refractivity contribution in [2.45, 2.75) is 20.0 Å². The molecule has 0 radical (unpaired) electrons. The van der Waals surface area contributed by atoms with Crippen LogP contribution in [0.3, 0.4) is 0 Å². The van der Waals surface area contributed by atoms with E-state index in [4.69, 9.17) is 4.74 Å². The minimum atomic E-state index is -0.657. The van der Waals surface area contributed by atoms with Crippen molar-refractivity contribution in [1.29, 1.82) is 0 Å². The van der Waals surface area contributed by atoms with Crippen LogP contribution in [0, 0.1) is 0 Å².